The average Bonchev–Trinajstić information content (AvgIpc) is 3.58. The predicted molar refractivity (Wildman–Crippen MR) is 166 cm³/mol. The highest BCUT2D eigenvalue weighted by molar-refractivity contribution is 7.22. The summed E-state index contributed by atoms with van der Waals surface area (Å²) in [4.78, 5) is 33.6. The molecular weight excluding hydrogens is 584 g/mol. The fourth-order valence-electron chi connectivity index (χ4n) is 5.24. The molecule has 1 fully saturated rings. The molecule has 6 rings (SSSR count). The lowest BCUT2D eigenvalue weighted by atomic mass is 9.95. The number of benzene rings is 3. The molecule has 2 aliphatic rings. The number of hydrogen-bond acceptors (Lipinski definition) is 10. The van der Waals surface area contributed by atoms with Gasteiger partial charge in [0.2, 0.25) is 0 Å². The van der Waals surface area contributed by atoms with Gasteiger partial charge in [-0.1, -0.05) is 30.7 Å². The van der Waals surface area contributed by atoms with Gasteiger partial charge in [0.1, 0.15) is 24.7 Å². The number of carbonyl (C=O) groups is 2. The van der Waals surface area contributed by atoms with E-state index in [0.717, 1.165) is 17.5 Å². The molecule has 0 aliphatic carbocycles. The molecule has 1 N–H and O–H groups in total. The van der Waals surface area contributed by atoms with Crippen LogP contribution in [0.4, 0.5) is 5.13 Å². The van der Waals surface area contributed by atoms with Crippen molar-refractivity contribution in [3.63, 3.8) is 0 Å². The molecule has 44 heavy (non-hydrogen) atoms. The van der Waals surface area contributed by atoms with Gasteiger partial charge in [-0.05, 0) is 67.4 Å². The largest absolute Gasteiger partial charge is 0.507 e. The summed E-state index contributed by atoms with van der Waals surface area (Å²) in [5.74, 6) is 0.655. The van der Waals surface area contributed by atoms with Crippen molar-refractivity contribution >= 4 is 44.1 Å². The van der Waals surface area contributed by atoms with E-state index in [1.807, 2.05) is 25.1 Å². The van der Waals surface area contributed by atoms with E-state index in [2.05, 4.69) is 6.92 Å². The van der Waals surface area contributed by atoms with Crippen LogP contribution >= 0.6 is 11.3 Å². The molecule has 0 spiro atoms. The maximum absolute atomic E-state index is 13.8. The van der Waals surface area contributed by atoms with Gasteiger partial charge in [-0.2, -0.15) is 0 Å². The second-order valence-electron chi connectivity index (χ2n) is 10.2. The Bertz CT molecular complexity index is 1760. The van der Waals surface area contributed by atoms with Gasteiger partial charge in [0, 0.05) is 5.56 Å². The maximum Gasteiger partial charge on any atom is 0.301 e. The SMILES string of the molecule is CCCCOc1ccc([C@H]2/C(=C(\O)c3ccc4c(c3)OCCO4)C(=O)C(=O)N2c2nc3ccc(OCC)cc3s2)cc1OC. The van der Waals surface area contributed by atoms with Crippen LogP contribution in [0.15, 0.2) is 60.2 Å². The maximum atomic E-state index is 13.8. The number of hydrogen-bond donors (Lipinski definition) is 1. The molecule has 0 saturated carbocycles. The first-order valence-corrected chi connectivity index (χ1v) is 15.3. The molecule has 0 unspecified atom stereocenters. The lowest BCUT2D eigenvalue weighted by Crippen LogP contribution is -2.29. The zero-order valence-corrected chi connectivity index (χ0v) is 25.4. The van der Waals surface area contributed by atoms with E-state index >= 15 is 0 Å². The van der Waals surface area contributed by atoms with Crippen molar-refractivity contribution in [2.24, 2.45) is 0 Å². The van der Waals surface area contributed by atoms with Gasteiger partial charge in [0.05, 0.1) is 42.2 Å². The van der Waals surface area contributed by atoms with Gasteiger partial charge in [-0.15, -0.1) is 0 Å². The molecule has 2 aliphatic heterocycles. The Morgan fingerprint density at radius 3 is 2.59 bits per heavy atom. The summed E-state index contributed by atoms with van der Waals surface area (Å²) >= 11 is 1.26. The monoisotopic (exact) mass is 616 g/mol. The first-order chi connectivity index (χ1) is 21.4. The Balaban J connectivity index is 1.50. The Morgan fingerprint density at radius 2 is 1.82 bits per heavy atom. The summed E-state index contributed by atoms with van der Waals surface area (Å²) in [6, 6.07) is 14.6. The number of aliphatic hydroxyl groups is 1. The number of aliphatic hydroxyl groups excluding tert-OH is 1. The molecule has 1 amide bonds. The summed E-state index contributed by atoms with van der Waals surface area (Å²) in [6.45, 7) is 5.77. The van der Waals surface area contributed by atoms with E-state index in [-0.39, 0.29) is 11.3 Å². The quantitative estimate of drug-likeness (QED) is 0.0951. The highest BCUT2D eigenvalue weighted by atomic mass is 32.1. The number of methoxy groups -OCH3 is 1. The van der Waals surface area contributed by atoms with Gasteiger partial charge in [-0.3, -0.25) is 14.5 Å². The standard InChI is InChI=1S/C33H32N2O8S/c1-4-6-13-41-23-11-7-19(16-25(23)39-3)29-28(30(36)20-8-12-24-26(17-20)43-15-14-42-24)31(37)32(38)35(29)33-34-22-10-9-21(40-5-2)18-27(22)44-33/h7-12,16-18,29,36H,4-6,13-15H2,1-3H3/b30-28+/t29-/m0/s1. The number of ether oxygens (including phenoxy) is 5. The van der Waals surface area contributed by atoms with Gasteiger partial charge in [0.15, 0.2) is 28.1 Å². The van der Waals surface area contributed by atoms with E-state index in [1.54, 1.807) is 36.4 Å². The van der Waals surface area contributed by atoms with Crippen LogP contribution in [0.1, 0.15) is 43.9 Å². The van der Waals surface area contributed by atoms with Crippen LogP contribution in [0, 0.1) is 0 Å². The molecule has 4 aromatic rings. The Hall–Kier alpha value is -4.77. The van der Waals surface area contributed by atoms with Crippen LogP contribution < -0.4 is 28.6 Å². The number of Topliss-reactive ketones (excluding diaryl/α,β-unsaturated/α-hetero) is 1. The van der Waals surface area contributed by atoms with Crippen LogP contribution in [0.3, 0.4) is 0 Å². The number of nitrogens with zero attached hydrogens (tertiary/aromatic N) is 2. The molecule has 11 heteroatoms. The van der Waals surface area contributed by atoms with Crippen molar-refractivity contribution in [1.29, 1.82) is 0 Å². The number of rotatable bonds is 10. The second-order valence-corrected chi connectivity index (χ2v) is 11.2. The minimum absolute atomic E-state index is 0.0809. The number of aromatic nitrogens is 1. The lowest BCUT2D eigenvalue weighted by molar-refractivity contribution is -0.132. The molecule has 1 atom stereocenters. The molecule has 3 heterocycles. The highest BCUT2D eigenvalue weighted by Crippen LogP contribution is 2.46. The summed E-state index contributed by atoms with van der Waals surface area (Å²) < 4.78 is 29.3. The number of amides is 1. The Morgan fingerprint density at radius 1 is 1.00 bits per heavy atom. The molecule has 0 bridgehead atoms. The van der Waals surface area contributed by atoms with Crippen molar-refractivity contribution in [2.45, 2.75) is 32.7 Å². The third-order valence-corrected chi connectivity index (χ3v) is 8.40. The highest BCUT2D eigenvalue weighted by Gasteiger charge is 2.48. The fourth-order valence-corrected chi connectivity index (χ4v) is 6.26. The fraction of sp³-hybridized carbons (Fsp3) is 0.303. The Labute approximate surface area is 258 Å². The van der Waals surface area contributed by atoms with Gasteiger partial charge < -0.3 is 28.8 Å². The van der Waals surface area contributed by atoms with Crippen LogP contribution in [-0.4, -0.2) is 55.3 Å². The van der Waals surface area contributed by atoms with Gasteiger partial charge in [0.25, 0.3) is 5.78 Å². The third kappa shape index (κ3) is 5.39. The minimum atomic E-state index is -1.01. The van der Waals surface area contributed by atoms with Crippen molar-refractivity contribution in [3.8, 4) is 28.7 Å². The first kappa shape index (κ1) is 29.3. The van der Waals surface area contributed by atoms with E-state index < -0.39 is 17.7 Å². The second kappa shape index (κ2) is 12.5. The summed E-state index contributed by atoms with van der Waals surface area (Å²) in [5, 5.41) is 12.0. The van der Waals surface area contributed by atoms with Crippen LogP contribution in [0.25, 0.3) is 16.0 Å². The smallest absolute Gasteiger partial charge is 0.301 e. The van der Waals surface area contributed by atoms with E-state index in [1.165, 1.54) is 23.3 Å². The number of ketones is 1. The zero-order chi connectivity index (χ0) is 30.8. The number of carbonyl (C=O) groups excluding carboxylic acids is 2. The Kier molecular flexibility index (Phi) is 8.30. The number of fused-ring (bicyclic) bond motifs is 2. The zero-order valence-electron chi connectivity index (χ0n) is 24.6. The molecule has 10 nitrogen and oxygen atoms in total. The molecule has 1 aromatic heterocycles. The van der Waals surface area contributed by atoms with Gasteiger partial charge >= 0.3 is 5.91 Å². The van der Waals surface area contributed by atoms with Crippen molar-refractivity contribution in [3.05, 3.63) is 71.3 Å². The average molecular weight is 617 g/mol. The van der Waals surface area contributed by atoms with Crippen LogP contribution in [0.2, 0.25) is 0 Å². The van der Waals surface area contributed by atoms with E-state index in [0.29, 0.717) is 77.0 Å². The molecular formula is C33H32N2O8S. The number of unbranched alkanes of at least 4 members (excludes halogenated alkanes) is 1. The molecule has 1 saturated heterocycles. The molecule has 0 radical (unpaired) electrons. The number of anilines is 1. The van der Waals surface area contributed by atoms with E-state index in [9.17, 15) is 14.7 Å². The summed E-state index contributed by atoms with van der Waals surface area (Å²) in [6.07, 6.45) is 1.85. The normalized spacial score (nSPS) is 17.2. The topological polar surface area (TPSA) is 117 Å². The van der Waals surface area contributed by atoms with E-state index in [4.69, 9.17) is 28.7 Å². The van der Waals surface area contributed by atoms with Crippen molar-refractivity contribution in [2.75, 3.05) is 38.4 Å². The molecule has 3 aromatic carbocycles. The van der Waals surface area contributed by atoms with Crippen molar-refractivity contribution in [1.82, 2.24) is 4.98 Å². The van der Waals surface area contributed by atoms with Crippen LogP contribution in [0.5, 0.6) is 28.7 Å². The van der Waals surface area contributed by atoms with Crippen molar-refractivity contribution < 1.29 is 38.4 Å². The van der Waals surface area contributed by atoms with Gasteiger partial charge in [-0.25, -0.2) is 4.98 Å². The molecule has 228 valence electrons. The lowest BCUT2D eigenvalue weighted by Gasteiger charge is -2.24. The third-order valence-electron chi connectivity index (χ3n) is 7.38. The first-order valence-electron chi connectivity index (χ1n) is 14.5. The summed E-state index contributed by atoms with van der Waals surface area (Å²) in [5.41, 5.74) is 1.42. The predicted octanol–water partition coefficient (Wildman–Crippen LogP) is 6.28. The van der Waals surface area contributed by atoms with Crippen LogP contribution in [-0.2, 0) is 9.59 Å². The number of thiazole rings is 1. The summed E-state index contributed by atoms with van der Waals surface area (Å²) in [7, 11) is 1.53. The minimum Gasteiger partial charge on any atom is -0.507 e.